The second-order valence-corrected chi connectivity index (χ2v) is 2.13. The largest absolute Gasteiger partial charge is 0.870 e. The summed E-state index contributed by atoms with van der Waals surface area (Å²) in [5.41, 5.74) is 1.18. The molecule has 3 heteroatoms. The first-order valence-electron chi connectivity index (χ1n) is 3.42. The van der Waals surface area contributed by atoms with Gasteiger partial charge < -0.3 is 15.9 Å². The smallest absolute Gasteiger partial charge is 0.129 e. The Kier molecular flexibility index (Phi) is 5.37. The average molecular weight is 155 g/mol. The molecule has 0 heterocycles. The summed E-state index contributed by atoms with van der Waals surface area (Å²) in [6.45, 7) is 0.971. The van der Waals surface area contributed by atoms with E-state index in [0.29, 0.717) is 0 Å². The molecule has 0 spiro atoms. The van der Waals surface area contributed by atoms with Crippen molar-refractivity contribution in [1.29, 1.82) is 0 Å². The molecule has 0 amide bonds. The van der Waals surface area contributed by atoms with Crippen LogP contribution in [0.3, 0.4) is 0 Å². The van der Waals surface area contributed by atoms with Crippen molar-refractivity contribution in [3.63, 3.8) is 0 Å². The number of aliphatic hydroxyl groups is 1. The van der Waals surface area contributed by atoms with Crippen molar-refractivity contribution in [3.05, 3.63) is 30.3 Å². The van der Waals surface area contributed by atoms with Gasteiger partial charge in [0.2, 0.25) is 0 Å². The van der Waals surface area contributed by atoms with Gasteiger partial charge in [-0.3, -0.25) is 0 Å². The highest BCUT2D eigenvalue weighted by molar-refractivity contribution is 5.26. The van der Waals surface area contributed by atoms with Crippen LogP contribution in [-0.4, -0.2) is 23.7 Å². The molecule has 0 aliphatic carbocycles. The van der Waals surface area contributed by atoms with Crippen LogP contribution in [0.25, 0.3) is 0 Å². The summed E-state index contributed by atoms with van der Waals surface area (Å²) in [7, 11) is 0. The van der Waals surface area contributed by atoms with E-state index in [9.17, 15) is 0 Å². The molecule has 1 aromatic carbocycles. The van der Waals surface area contributed by atoms with Gasteiger partial charge in [-0.05, 0) is 12.1 Å². The Morgan fingerprint density at radius 3 is 2.36 bits per heavy atom. The van der Waals surface area contributed by atoms with Crippen LogP contribution in [0.4, 0.5) is 5.69 Å². The van der Waals surface area contributed by atoms with E-state index in [1.165, 1.54) is 5.69 Å². The summed E-state index contributed by atoms with van der Waals surface area (Å²) in [6, 6.07) is 10.0. The quantitative estimate of drug-likeness (QED) is 0.588. The Hall–Kier alpha value is -0.900. The molecule has 0 fully saturated rings. The van der Waals surface area contributed by atoms with Gasteiger partial charge in [-0.1, -0.05) is 18.2 Å². The van der Waals surface area contributed by atoms with Crippen LogP contribution >= 0.6 is 0 Å². The number of aliphatic hydroxyl groups excluding tert-OH is 1. The van der Waals surface area contributed by atoms with Crippen LogP contribution in [-0.2, 0) is 0 Å². The van der Waals surface area contributed by atoms with E-state index in [1.54, 1.807) is 0 Å². The number of para-hydroxylation sites is 1. The van der Waals surface area contributed by atoms with Gasteiger partial charge in [0.1, 0.15) is 12.2 Å². The van der Waals surface area contributed by atoms with Crippen molar-refractivity contribution in [2.45, 2.75) is 0 Å². The van der Waals surface area contributed by atoms with E-state index in [4.69, 9.17) is 5.11 Å². The van der Waals surface area contributed by atoms with E-state index in [-0.39, 0.29) is 12.1 Å². The summed E-state index contributed by atoms with van der Waals surface area (Å²) in [5.74, 6) is 0. The molecule has 0 aromatic heterocycles. The van der Waals surface area contributed by atoms with E-state index in [1.807, 2.05) is 35.6 Å². The number of hydrogen-bond acceptors (Lipinski definition) is 2. The number of quaternary nitrogens is 1. The number of rotatable bonds is 3. The van der Waals surface area contributed by atoms with Crippen molar-refractivity contribution >= 4 is 5.69 Å². The molecule has 1 rings (SSSR count). The number of hydrogen-bond donors (Lipinski definition) is 2. The van der Waals surface area contributed by atoms with Gasteiger partial charge in [-0.25, -0.2) is 0 Å². The van der Waals surface area contributed by atoms with Crippen LogP contribution < -0.4 is 5.32 Å². The van der Waals surface area contributed by atoms with E-state index in [2.05, 4.69) is 0 Å². The minimum atomic E-state index is 0. The number of nitrogens with two attached hydrogens (primary N) is 1. The fraction of sp³-hybridized carbons (Fsp3) is 0.250. The zero-order chi connectivity index (χ0) is 7.23. The summed E-state index contributed by atoms with van der Waals surface area (Å²) in [4.78, 5) is 0. The van der Waals surface area contributed by atoms with Crippen LogP contribution in [0.5, 0.6) is 0 Å². The molecule has 62 valence electrons. The molecule has 4 N–H and O–H groups in total. The maximum Gasteiger partial charge on any atom is 0.129 e. The summed E-state index contributed by atoms with van der Waals surface area (Å²) >= 11 is 0. The minimum absolute atomic E-state index is 0. The van der Waals surface area contributed by atoms with E-state index >= 15 is 0 Å². The molecule has 11 heavy (non-hydrogen) atoms. The fourth-order valence-corrected chi connectivity index (χ4v) is 0.820. The minimum Gasteiger partial charge on any atom is -0.870 e. The predicted octanol–water partition coefficient (Wildman–Crippen LogP) is -0.303. The highest BCUT2D eigenvalue weighted by Crippen LogP contribution is 1.95. The average Bonchev–Trinajstić information content (AvgIpc) is 2.03. The summed E-state index contributed by atoms with van der Waals surface area (Å²) in [6.07, 6.45) is 0. The lowest BCUT2D eigenvalue weighted by molar-refractivity contribution is -0.573. The first kappa shape index (κ1) is 10.1. The zero-order valence-corrected chi connectivity index (χ0v) is 6.27. The second kappa shape index (κ2) is 5.85. The van der Waals surface area contributed by atoms with E-state index in [0.717, 1.165) is 6.54 Å². The lowest BCUT2D eigenvalue weighted by Gasteiger charge is -1.95. The molecule has 0 aliphatic rings. The van der Waals surface area contributed by atoms with Crippen molar-refractivity contribution in [2.75, 3.05) is 13.2 Å². The Bertz CT molecular complexity index is 177. The molecule has 0 atom stereocenters. The van der Waals surface area contributed by atoms with Gasteiger partial charge in [0.25, 0.3) is 0 Å². The van der Waals surface area contributed by atoms with E-state index < -0.39 is 0 Å². The van der Waals surface area contributed by atoms with Gasteiger partial charge in [0, 0.05) is 0 Å². The summed E-state index contributed by atoms with van der Waals surface area (Å²) in [5, 5.41) is 10.5. The third-order valence-electron chi connectivity index (χ3n) is 1.31. The SMILES string of the molecule is OCC[NH2+]c1ccccc1.[OH-]. The van der Waals surface area contributed by atoms with Crippen molar-refractivity contribution in [3.8, 4) is 0 Å². The monoisotopic (exact) mass is 155 g/mol. The zero-order valence-electron chi connectivity index (χ0n) is 6.27. The Morgan fingerprint density at radius 1 is 1.18 bits per heavy atom. The van der Waals surface area contributed by atoms with Gasteiger partial charge in [-0.15, -0.1) is 0 Å². The topological polar surface area (TPSA) is 66.8 Å². The molecular formula is C8H13NO2. The lowest BCUT2D eigenvalue weighted by Crippen LogP contribution is -2.78. The van der Waals surface area contributed by atoms with Crippen molar-refractivity contribution in [2.24, 2.45) is 0 Å². The lowest BCUT2D eigenvalue weighted by atomic mass is 10.3. The molecule has 0 bridgehead atoms. The Labute approximate surface area is 66.0 Å². The highest BCUT2D eigenvalue weighted by atomic mass is 16.3. The van der Waals surface area contributed by atoms with Gasteiger partial charge in [-0.2, -0.15) is 0 Å². The predicted molar refractivity (Wildman–Crippen MR) is 41.9 cm³/mol. The van der Waals surface area contributed by atoms with Gasteiger partial charge >= 0.3 is 0 Å². The highest BCUT2D eigenvalue weighted by Gasteiger charge is 1.90. The third kappa shape index (κ3) is 3.72. The molecular weight excluding hydrogens is 142 g/mol. The first-order chi connectivity index (χ1) is 4.93. The van der Waals surface area contributed by atoms with Crippen LogP contribution in [0, 0.1) is 0 Å². The van der Waals surface area contributed by atoms with Crippen LogP contribution in [0.2, 0.25) is 0 Å². The van der Waals surface area contributed by atoms with Gasteiger partial charge in [0.15, 0.2) is 0 Å². The Morgan fingerprint density at radius 2 is 1.82 bits per heavy atom. The molecule has 0 radical (unpaired) electrons. The molecule has 1 aromatic rings. The van der Waals surface area contributed by atoms with Crippen LogP contribution in [0.15, 0.2) is 30.3 Å². The molecule has 0 unspecified atom stereocenters. The second-order valence-electron chi connectivity index (χ2n) is 2.13. The Balaban J connectivity index is 0.000001000. The first-order valence-corrected chi connectivity index (χ1v) is 3.42. The number of benzene rings is 1. The normalized spacial score (nSPS) is 8.82. The van der Waals surface area contributed by atoms with Gasteiger partial charge in [0.05, 0.1) is 6.61 Å². The van der Waals surface area contributed by atoms with Crippen molar-refractivity contribution < 1.29 is 15.9 Å². The van der Waals surface area contributed by atoms with Crippen LogP contribution in [0.1, 0.15) is 0 Å². The molecule has 0 saturated heterocycles. The summed E-state index contributed by atoms with van der Waals surface area (Å²) < 4.78 is 0. The maximum atomic E-state index is 8.50. The molecule has 0 saturated carbocycles. The maximum absolute atomic E-state index is 8.50. The standard InChI is InChI=1S/C8H11NO.H2O/c10-7-6-9-8-4-2-1-3-5-8;/h1-5,9-10H,6-7H2;1H2. The third-order valence-corrected chi connectivity index (χ3v) is 1.31. The molecule has 0 aliphatic heterocycles. The fourth-order valence-electron chi connectivity index (χ4n) is 0.820. The molecule has 3 nitrogen and oxygen atoms in total. The van der Waals surface area contributed by atoms with Crippen molar-refractivity contribution in [1.82, 2.24) is 0 Å².